The zero-order valence-corrected chi connectivity index (χ0v) is 45.5. The second kappa shape index (κ2) is 28.4. The van der Waals surface area contributed by atoms with E-state index in [1.54, 1.807) is 65.2 Å². The number of rotatable bonds is 18. The average Bonchev–Trinajstić information content (AvgIpc) is 4.31. The molecule has 6 aromatic heterocycles. The van der Waals surface area contributed by atoms with Crippen molar-refractivity contribution in [2.45, 2.75) is 32.3 Å². The highest BCUT2D eigenvalue weighted by atomic mass is 16.5. The standard InChI is InChI=1S/C23H22N2O3.C22H20N2O2.C15H14O3.C7H6N2/c1-26-21-13-17(10-11-20(21)28-15-16-7-4-3-5-8-16)22(27-2)19-14-25-23-18(19)9-6-12-24-23;1-25-21-13-17(12-18-14-24-22-19(18)8-5-11-23-22)9-10-20(21)26-15-16-6-3-2-4-7-16;1-17-15-9-13(10-16)7-8-14(15)18-11-12-5-3-2-4-6-12;1-2-6-3-5-9-7(6)8-4-1/h3-14,22H,15H2,1-2H3,(H,24,25);2-11,13-14H,12,15H2,1H3,(H,23,24);2-10H,11H2,1H3;1-5H,(H,8,9). The quantitative estimate of drug-likeness (QED) is 0.0700. The van der Waals surface area contributed by atoms with Gasteiger partial charge in [0, 0.05) is 71.6 Å². The van der Waals surface area contributed by atoms with E-state index in [-0.39, 0.29) is 6.10 Å². The topological polar surface area (TPSA) is 168 Å². The number of pyridine rings is 3. The summed E-state index contributed by atoms with van der Waals surface area (Å²) in [5.74, 6) is 4.07. The highest BCUT2D eigenvalue weighted by molar-refractivity contribution is 5.81. The predicted molar refractivity (Wildman–Crippen MR) is 317 cm³/mol. The summed E-state index contributed by atoms with van der Waals surface area (Å²) in [5.41, 5.74) is 11.0. The number of hydrogen-bond donors (Lipinski definition) is 3. The normalized spacial score (nSPS) is 11.0. The number of aldehydes is 1. The van der Waals surface area contributed by atoms with Gasteiger partial charge < -0.3 is 48.1 Å². The number of benzene rings is 6. The van der Waals surface area contributed by atoms with Gasteiger partial charge >= 0.3 is 0 Å². The Balaban J connectivity index is 0.000000138. The summed E-state index contributed by atoms with van der Waals surface area (Å²) in [7, 11) is 6.57. The molecule has 6 aromatic carbocycles. The van der Waals surface area contributed by atoms with Crippen LogP contribution in [0, 0.1) is 0 Å². The summed E-state index contributed by atoms with van der Waals surface area (Å²) in [6.07, 6.45) is 12.5. The van der Waals surface area contributed by atoms with E-state index in [9.17, 15) is 4.79 Å². The second-order valence-electron chi connectivity index (χ2n) is 18.3. The molecule has 0 spiro atoms. The van der Waals surface area contributed by atoms with Gasteiger partial charge in [-0.3, -0.25) is 4.79 Å². The van der Waals surface area contributed by atoms with Gasteiger partial charge in [-0.15, -0.1) is 0 Å². The van der Waals surface area contributed by atoms with Crippen LogP contribution in [-0.4, -0.2) is 64.6 Å². The fourth-order valence-electron chi connectivity index (χ4n) is 8.89. The number of H-pyrrole nitrogens is 3. The Bertz CT molecular complexity index is 3840. The Morgan fingerprint density at radius 1 is 0.444 bits per heavy atom. The summed E-state index contributed by atoms with van der Waals surface area (Å²) >= 11 is 0. The van der Waals surface area contributed by atoms with E-state index >= 15 is 0 Å². The van der Waals surface area contributed by atoms with E-state index in [4.69, 9.17) is 33.2 Å². The first kappa shape index (κ1) is 55.6. The number of ether oxygens (including phenoxy) is 7. The van der Waals surface area contributed by atoms with E-state index in [1.165, 1.54) is 11.1 Å². The third-order valence-electron chi connectivity index (χ3n) is 13.0. The summed E-state index contributed by atoms with van der Waals surface area (Å²) < 4.78 is 39.7. The number of carbonyl (C=O) groups is 1. The summed E-state index contributed by atoms with van der Waals surface area (Å²) in [4.78, 5) is 32.9. The average molecular weight is 1080 g/mol. The number of nitrogens with one attached hydrogen (secondary N) is 3. The fraction of sp³-hybridized carbons (Fsp3) is 0.134. The molecule has 0 saturated carbocycles. The van der Waals surface area contributed by atoms with E-state index in [0.717, 1.165) is 85.1 Å². The highest BCUT2D eigenvalue weighted by Gasteiger charge is 2.20. The van der Waals surface area contributed by atoms with Crippen molar-refractivity contribution in [3.05, 3.63) is 270 Å². The van der Waals surface area contributed by atoms with Crippen LogP contribution in [0.2, 0.25) is 0 Å². The Labute approximate surface area is 470 Å². The van der Waals surface area contributed by atoms with Crippen LogP contribution in [0.5, 0.6) is 34.5 Å². The lowest BCUT2D eigenvalue weighted by Gasteiger charge is -2.18. The van der Waals surface area contributed by atoms with Crippen LogP contribution >= 0.6 is 0 Å². The molecule has 0 aliphatic heterocycles. The van der Waals surface area contributed by atoms with E-state index in [2.05, 4.69) is 42.0 Å². The Hall–Kier alpha value is -10.2. The number of hydrogen-bond acceptors (Lipinski definition) is 11. The highest BCUT2D eigenvalue weighted by Crippen LogP contribution is 2.37. The van der Waals surface area contributed by atoms with Gasteiger partial charge in [0.2, 0.25) is 0 Å². The van der Waals surface area contributed by atoms with Crippen LogP contribution in [0.25, 0.3) is 33.1 Å². The monoisotopic (exact) mass is 1080 g/mol. The number of carbonyl (C=O) groups excluding carboxylic acids is 1. The van der Waals surface area contributed by atoms with Gasteiger partial charge in [-0.2, -0.15) is 0 Å². The van der Waals surface area contributed by atoms with Crippen LogP contribution in [0.3, 0.4) is 0 Å². The molecular weight excluding hydrogens is 1020 g/mol. The fourth-order valence-corrected chi connectivity index (χ4v) is 8.89. The molecule has 12 aromatic rings. The van der Waals surface area contributed by atoms with Gasteiger partial charge in [-0.1, -0.05) is 103 Å². The van der Waals surface area contributed by atoms with Gasteiger partial charge in [0.1, 0.15) is 49.2 Å². The molecule has 0 aliphatic carbocycles. The summed E-state index contributed by atoms with van der Waals surface area (Å²) in [5, 5.41) is 3.35. The van der Waals surface area contributed by atoms with Gasteiger partial charge in [0.05, 0.1) is 21.3 Å². The first-order chi connectivity index (χ1) is 39.9. The number of fused-ring (bicyclic) bond motifs is 3. The minimum atomic E-state index is -0.241. The third kappa shape index (κ3) is 14.9. The third-order valence-corrected chi connectivity index (χ3v) is 13.0. The van der Waals surface area contributed by atoms with Crippen molar-refractivity contribution in [2.75, 3.05) is 28.4 Å². The number of aromatic amines is 3. The van der Waals surface area contributed by atoms with E-state index < -0.39 is 0 Å². The smallest absolute Gasteiger partial charge is 0.161 e. The lowest BCUT2D eigenvalue weighted by atomic mass is 10.0. The molecule has 81 heavy (non-hydrogen) atoms. The molecule has 0 aliphatic rings. The van der Waals surface area contributed by atoms with Crippen molar-refractivity contribution >= 4 is 39.4 Å². The maximum atomic E-state index is 10.7. The molecule has 0 saturated heterocycles. The van der Waals surface area contributed by atoms with Crippen molar-refractivity contribution in [1.29, 1.82) is 0 Å². The van der Waals surface area contributed by atoms with Crippen molar-refractivity contribution in [3.8, 4) is 34.5 Å². The van der Waals surface area contributed by atoms with E-state index in [0.29, 0.717) is 48.4 Å². The molecule has 12 rings (SSSR count). The zero-order valence-electron chi connectivity index (χ0n) is 45.5. The zero-order chi connectivity index (χ0) is 56.0. The maximum Gasteiger partial charge on any atom is 0.161 e. The second-order valence-corrected chi connectivity index (χ2v) is 18.3. The molecule has 6 heterocycles. The number of aromatic nitrogens is 6. The molecule has 0 radical (unpaired) electrons. The minimum absolute atomic E-state index is 0.241. The van der Waals surface area contributed by atoms with Crippen LogP contribution < -0.4 is 28.4 Å². The molecule has 0 amide bonds. The van der Waals surface area contributed by atoms with Gasteiger partial charge in [0.25, 0.3) is 0 Å². The van der Waals surface area contributed by atoms with Crippen molar-refractivity contribution in [1.82, 2.24) is 29.9 Å². The molecule has 0 fully saturated rings. The van der Waals surface area contributed by atoms with Crippen molar-refractivity contribution in [2.24, 2.45) is 0 Å². The predicted octanol–water partition coefficient (Wildman–Crippen LogP) is 14.3. The molecular formula is C67H62N6O8. The lowest BCUT2D eigenvalue weighted by molar-refractivity contribution is 0.112. The number of nitrogens with zero attached hydrogens (tertiary/aromatic N) is 3. The molecule has 0 bridgehead atoms. The first-order valence-corrected chi connectivity index (χ1v) is 26.2. The van der Waals surface area contributed by atoms with Crippen molar-refractivity contribution in [3.63, 3.8) is 0 Å². The van der Waals surface area contributed by atoms with Crippen LogP contribution in [-0.2, 0) is 31.0 Å². The van der Waals surface area contributed by atoms with Crippen molar-refractivity contribution < 1.29 is 38.0 Å². The largest absolute Gasteiger partial charge is 0.493 e. The Morgan fingerprint density at radius 3 is 1.52 bits per heavy atom. The van der Waals surface area contributed by atoms with Crippen LogP contribution in [0.15, 0.2) is 225 Å². The molecule has 1 atom stereocenters. The molecule has 408 valence electrons. The lowest BCUT2D eigenvalue weighted by Crippen LogP contribution is -2.04. The van der Waals surface area contributed by atoms with Crippen LogP contribution in [0.1, 0.15) is 55.4 Å². The Morgan fingerprint density at radius 2 is 0.951 bits per heavy atom. The SMILES string of the molecule is COc1cc(C(OC)c2c[nH]c3ncccc23)ccc1OCc1ccccc1.COc1cc(C=O)ccc1OCc1ccccc1.COc1cc(Cc2c[nH]c3ncccc23)ccc1OCc1ccccc1.c1cnc2[nH]ccc2c1. The van der Waals surface area contributed by atoms with Gasteiger partial charge in [-0.05, 0) is 125 Å². The number of methoxy groups -OCH3 is 4. The van der Waals surface area contributed by atoms with Gasteiger partial charge in [0.15, 0.2) is 34.5 Å². The molecule has 14 heteroatoms. The van der Waals surface area contributed by atoms with E-state index in [1.807, 2.05) is 176 Å². The van der Waals surface area contributed by atoms with Crippen LogP contribution in [0.4, 0.5) is 0 Å². The maximum absolute atomic E-state index is 10.7. The molecule has 3 N–H and O–H groups in total. The molecule has 1 unspecified atom stereocenters. The van der Waals surface area contributed by atoms with Gasteiger partial charge in [-0.25, -0.2) is 15.0 Å². The minimum Gasteiger partial charge on any atom is -0.493 e. The molecule has 14 nitrogen and oxygen atoms in total. The summed E-state index contributed by atoms with van der Waals surface area (Å²) in [6, 6.07) is 61.1. The first-order valence-electron chi connectivity index (χ1n) is 26.2. The summed E-state index contributed by atoms with van der Waals surface area (Å²) in [6.45, 7) is 1.47. The Kier molecular flexibility index (Phi) is 19.5.